The lowest BCUT2D eigenvalue weighted by atomic mass is 10.2. The molecule has 3 aromatic carbocycles. The molecule has 1 amide bonds. The number of aromatic nitrogens is 1. The Morgan fingerprint density at radius 3 is 2.33 bits per heavy atom. The highest BCUT2D eigenvalue weighted by molar-refractivity contribution is 9.10. The first-order valence-electron chi connectivity index (χ1n) is 12.4. The normalized spacial score (nSPS) is 11.5. The van der Waals surface area contributed by atoms with E-state index in [4.69, 9.17) is 16.3 Å². The average Bonchev–Trinajstić information content (AvgIpc) is 3.21. The molecule has 1 N–H and O–H groups in total. The predicted molar refractivity (Wildman–Crippen MR) is 162 cm³/mol. The molecule has 11 heteroatoms. The van der Waals surface area contributed by atoms with Gasteiger partial charge in [-0.1, -0.05) is 27.5 Å². The second-order valence-electron chi connectivity index (χ2n) is 8.82. The van der Waals surface area contributed by atoms with Crippen molar-refractivity contribution in [2.45, 2.75) is 25.7 Å². The van der Waals surface area contributed by atoms with Crippen molar-refractivity contribution in [3.8, 4) is 11.4 Å². The van der Waals surface area contributed by atoms with Crippen LogP contribution in [0.25, 0.3) is 5.69 Å². The summed E-state index contributed by atoms with van der Waals surface area (Å²) in [6.07, 6.45) is 1.55. The summed E-state index contributed by atoms with van der Waals surface area (Å²) in [5.74, 6) is -0.0192. The minimum absolute atomic E-state index is 0.00228. The van der Waals surface area contributed by atoms with Gasteiger partial charge in [-0.05, 0) is 99.6 Å². The van der Waals surface area contributed by atoms with Crippen molar-refractivity contribution < 1.29 is 17.9 Å². The Morgan fingerprint density at radius 2 is 1.70 bits per heavy atom. The van der Waals surface area contributed by atoms with Crippen LogP contribution in [0.4, 0.5) is 5.69 Å². The third-order valence-corrected chi connectivity index (χ3v) is 8.64. The number of nitrogens with zero attached hydrogens (tertiary/aromatic N) is 3. The van der Waals surface area contributed by atoms with Crippen LogP contribution in [0.3, 0.4) is 0 Å². The minimum atomic E-state index is -4.10. The number of nitrogens with one attached hydrogen (secondary N) is 1. The number of rotatable bonds is 10. The van der Waals surface area contributed by atoms with E-state index >= 15 is 0 Å². The lowest BCUT2D eigenvalue weighted by Crippen LogP contribution is -2.39. The first-order chi connectivity index (χ1) is 19.1. The fourth-order valence-electron chi connectivity index (χ4n) is 4.17. The van der Waals surface area contributed by atoms with E-state index in [1.807, 2.05) is 51.1 Å². The second-order valence-corrected chi connectivity index (χ2v) is 12.0. The molecule has 4 aromatic rings. The SMILES string of the molecule is CCOc1ccc(N(CC(=O)N/N=C/c2cc(C)n(-c3ccc(Br)cc3)c2C)S(=O)(=O)c2ccc(Cl)cc2)cc1. The van der Waals surface area contributed by atoms with Crippen LogP contribution in [0.5, 0.6) is 5.75 Å². The highest BCUT2D eigenvalue weighted by Gasteiger charge is 2.27. The van der Waals surface area contributed by atoms with Gasteiger partial charge in [0, 0.05) is 32.1 Å². The van der Waals surface area contributed by atoms with Gasteiger partial charge in [-0.25, -0.2) is 13.8 Å². The molecule has 208 valence electrons. The number of aryl methyl sites for hydroxylation is 1. The van der Waals surface area contributed by atoms with E-state index in [0.717, 1.165) is 31.4 Å². The summed E-state index contributed by atoms with van der Waals surface area (Å²) in [6.45, 7) is 5.78. The highest BCUT2D eigenvalue weighted by Crippen LogP contribution is 2.27. The molecule has 1 aromatic heterocycles. The van der Waals surface area contributed by atoms with Gasteiger partial charge >= 0.3 is 0 Å². The summed E-state index contributed by atoms with van der Waals surface area (Å²) in [7, 11) is -4.10. The number of carbonyl (C=O) groups is 1. The average molecular weight is 644 g/mol. The lowest BCUT2D eigenvalue weighted by molar-refractivity contribution is -0.119. The first kappa shape index (κ1) is 29.4. The van der Waals surface area contributed by atoms with Gasteiger partial charge in [0.15, 0.2) is 0 Å². The molecule has 4 rings (SSSR count). The smallest absolute Gasteiger partial charge is 0.264 e. The molecule has 0 radical (unpaired) electrons. The van der Waals surface area contributed by atoms with Crippen LogP contribution in [0.2, 0.25) is 5.02 Å². The zero-order valence-corrected chi connectivity index (χ0v) is 25.3. The molecule has 0 fully saturated rings. The number of ether oxygens (including phenoxy) is 1. The van der Waals surface area contributed by atoms with Crippen LogP contribution in [-0.2, 0) is 14.8 Å². The fraction of sp³-hybridized carbons (Fsp3) is 0.172. The summed E-state index contributed by atoms with van der Waals surface area (Å²) in [6, 6.07) is 22.2. The number of halogens is 2. The van der Waals surface area contributed by atoms with Crippen molar-refractivity contribution in [1.29, 1.82) is 0 Å². The molecule has 0 bridgehead atoms. The zero-order valence-electron chi connectivity index (χ0n) is 22.1. The molecule has 0 saturated heterocycles. The molecule has 1 heterocycles. The third kappa shape index (κ3) is 6.75. The van der Waals surface area contributed by atoms with Crippen LogP contribution in [0.1, 0.15) is 23.9 Å². The maximum atomic E-state index is 13.6. The van der Waals surface area contributed by atoms with Crippen LogP contribution in [-0.4, -0.2) is 38.3 Å². The Kier molecular flexibility index (Phi) is 9.34. The van der Waals surface area contributed by atoms with Gasteiger partial charge < -0.3 is 9.30 Å². The van der Waals surface area contributed by atoms with Crippen LogP contribution in [0, 0.1) is 13.8 Å². The predicted octanol–water partition coefficient (Wildman–Crippen LogP) is 6.25. The molecule has 0 aliphatic carbocycles. The Hall–Kier alpha value is -3.60. The molecular weight excluding hydrogens is 616 g/mol. The standard InChI is InChI=1S/C29H28BrClN4O4S/c1-4-39-27-13-11-25(12-14-27)34(40(37,38)28-15-7-24(31)8-16-28)19-29(36)33-32-18-22-17-20(2)35(21(22)3)26-9-5-23(30)6-10-26/h5-18H,4,19H2,1-3H3,(H,33,36)/b32-18+. The largest absolute Gasteiger partial charge is 0.494 e. The van der Waals surface area contributed by atoms with Crippen molar-refractivity contribution in [2.24, 2.45) is 5.10 Å². The topological polar surface area (TPSA) is 93.0 Å². The number of benzene rings is 3. The summed E-state index contributed by atoms with van der Waals surface area (Å²) in [5.41, 5.74) is 6.53. The van der Waals surface area contributed by atoms with Crippen LogP contribution < -0.4 is 14.5 Å². The molecular formula is C29H28BrClN4O4S. The lowest BCUT2D eigenvalue weighted by Gasteiger charge is -2.24. The molecule has 0 unspecified atom stereocenters. The summed E-state index contributed by atoms with van der Waals surface area (Å²) in [4.78, 5) is 12.9. The van der Waals surface area contributed by atoms with Crippen molar-refractivity contribution in [1.82, 2.24) is 9.99 Å². The Labute approximate surface area is 247 Å². The van der Waals surface area contributed by atoms with E-state index in [1.54, 1.807) is 30.5 Å². The Balaban J connectivity index is 1.55. The van der Waals surface area contributed by atoms with Crippen LogP contribution >= 0.6 is 27.5 Å². The van der Waals surface area contributed by atoms with Crippen molar-refractivity contribution >= 4 is 55.4 Å². The molecule has 0 atom stereocenters. The summed E-state index contributed by atoms with van der Waals surface area (Å²) < 4.78 is 36.7. The van der Waals surface area contributed by atoms with Gasteiger partial charge in [-0.2, -0.15) is 5.10 Å². The number of hydrazone groups is 1. The minimum Gasteiger partial charge on any atom is -0.494 e. The second kappa shape index (κ2) is 12.7. The zero-order chi connectivity index (χ0) is 28.9. The van der Waals surface area contributed by atoms with E-state index in [2.05, 4.69) is 31.0 Å². The molecule has 40 heavy (non-hydrogen) atoms. The van der Waals surface area contributed by atoms with Gasteiger partial charge in [0.05, 0.1) is 23.4 Å². The van der Waals surface area contributed by atoms with Crippen molar-refractivity contribution in [3.63, 3.8) is 0 Å². The monoisotopic (exact) mass is 642 g/mol. The molecule has 0 aliphatic rings. The maximum absolute atomic E-state index is 13.6. The number of anilines is 1. The Bertz CT molecular complexity index is 1620. The van der Waals surface area contributed by atoms with E-state index in [9.17, 15) is 13.2 Å². The van der Waals surface area contributed by atoms with Crippen molar-refractivity contribution in [3.05, 3.63) is 105 Å². The van der Waals surface area contributed by atoms with Gasteiger partial charge in [-0.3, -0.25) is 9.10 Å². The first-order valence-corrected chi connectivity index (χ1v) is 15.0. The van der Waals surface area contributed by atoms with Gasteiger partial charge in [0.2, 0.25) is 0 Å². The van der Waals surface area contributed by atoms with E-state index < -0.39 is 22.5 Å². The van der Waals surface area contributed by atoms with Gasteiger partial charge in [-0.15, -0.1) is 0 Å². The van der Waals surface area contributed by atoms with E-state index in [0.29, 0.717) is 23.1 Å². The quantitative estimate of drug-likeness (QED) is 0.163. The van der Waals surface area contributed by atoms with E-state index in [1.165, 1.54) is 24.3 Å². The third-order valence-electron chi connectivity index (χ3n) is 6.07. The number of hydrogen-bond acceptors (Lipinski definition) is 5. The van der Waals surface area contributed by atoms with E-state index in [-0.39, 0.29) is 4.90 Å². The van der Waals surface area contributed by atoms with Crippen molar-refractivity contribution in [2.75, 3.05) is 17.5 Å². The van der Waals surface area contributed by atoms with Gasteiger partial charge in [0.25, 0.3) is 15.9 Å². The molecule has 0 aliphatic heterocycles. The summed E-state index contributed by atoms with van der Waals surface area (Å²) >= 11 is 9.41. The molecule has 0 saturated carbocycles. The fourth-order valence-corrected chi connectivity index (χ4v) is 5.98. The number of carbonyl (C=O) groups excluding carboxylic acids is 1. The molecule has 8 nitrogen and oxygen atoms in total. The van der Waals surface area contributed by atoms with Gasteiger partial charge in [0.1, 0.15) is 12.3 Å². The summed E-state index contributed by atoms with van der Waals surface area (Å²) in [5, 5.41) is 4.51. The Morgan fingerprint density at radius 1 is 1.05 bits per heavy atom. The highest BCUT2D eigenvalue weighted by atomic mass is 79.9. The van der Waals surface area contributed by atoms with Crippen LogP contribution in [0.15, 0.2) is 93.3 Å². The number of amides is 1. The number of hydrogen-bond donors (Lipinski definition) is 1. The maximum Gasteiger partial charge on any atom is 0.264 e. The number of sulfonamides is 1. The molecule has 0 spiro atoms.